The molecule has 2 heterocycles. The number of ether oxygens (including phenoxy) is 2. The van der Waals surface area contributed by atoms with Crippen LogP contribution in [0.1, 0.15) is 17.2 Å². The van der Waals surface area contributed by atoms with Gasteiger partial charge in [0, 0.05) is 37.6 Å². The smallest absolute Gasteiger partial charge is 0.313 e. The van der Waals surface area contributed by atoms with Crippen LogP contribution in [0, 0.1) is 0 Å². The maximum Gasteiger partial charge on any atom is 0.313 e. The summed E-state index contributed by atoms with van der Waals surface area (Å²) in [5.41, 5.74) is 4.17. The second kappa shape index (κ2) is 8.85. The van der Waals surface area contributed by atoms with Gasteiger partial charge in [0.15, 0.2) is 11.5 Å². The summed E-state index contributed by atoms with van der Waals surface area (Å²) in [5.74, 6) is -0.213. The van der Waals surface area contributed by atoms with Gasteiger partial charge in [-0.25, -0.2) is 0 Å². The van der Waals surface area contributed by atoms with Crippen molar-refractivity contribution in [2.45, 2.75) is 12.5 Å². The third kappa shape index (κ3) is 4.59. The number of carbonyl (C=O) groups is 2. The van der Waals surface area contributed by atoms with Gasteiger partial charge in [-0.15, -0.1) is 0 Å². The van der Waals surface area contributed by atoms with Crippen molar-refractivity contribution in [1.82, 2.24) is 10.2 Å². The number of nitrogens with one attached hydrogen (secondary N) is 2. The standard InChI is InChI=1S/C23H28N4O4/c1-26(2)19(15-4-6-18-16(12-15)8-9-27(18)3)14-24-22(28)23(29)25-17-5-7-20-21(13-17)31-11-10-30-20/h4-7,12-13,19H,8-11,14H2,1-3H3,(H,24,28)(H,25,29)/t19-/m1/s1. The van der Waals surface area contributed by atoms with Crippen molar-refractivity contribution in [2.75, 3.05) is 57.7 Å². The maximum absolute atomic E-state index is 12.4. The van der Waals surface area contributed by atoms with Crippen LogP contribution in [0.25, 0.3) is 0 Å². The maximum atomic E-state index is 12.4. The molecule has 8 heteroatoms. The van der Waals surface area contributed by atoms with Crippen LogP contribution < -0.4 is 25.0 Å². The summed E-state index contributed by atoms with van der Waals surface area (Å²) in [7, 11) is 6.02. The first-order valence-electron chi connectivity index (χ1n) is 10.4. The Balaban J connectivity index is 1.37. The molecule has 0 unspecified atom stereocenters. The average molecular weight is 425 g/mol. The van der Waals surface area contributed by atoms with Gasteiger partial charge in [0.2, 0.25) is 0 Å². The molecule has 2 aliphatic heterocycles. The van der Waals surface area contributed by atoms with Crippen molar-refractivity contribution in [1.29, 1.82) is 0 Å². The molecule has 2 N–H and O–H groups in total. The lowest BCUT2D eigenvalue weighted by Crippen LogP contribution is -2.40. The molecule has 0 fully saturated rings. The predicted octanol–water partition coefficient (Wildman–Crippen LogP) is 1.81. The van der Waals surface area contributed by atoms with Crippen LogP contribution in [-0.2, 0) is 16.0 Å². The summed E-state index contributed by atoms with van der Waals surface area (Å²) in [5, 5.41) is 5.38. The second-order valence-electron chi connectivity index (χ2n) is 8.06. The first-order chi connectivity index (χ1) is 14.9. The molecule has 0 radical (unpaired) electrons. The van der Waals surface area contributed by atoms with Crippen molar-refractivity contribution in [3.8, 4) is 11.5 Å². The van der Waals surface area contributed by atoms with Gasteiger partial charge >= 0.3 is 11.8 Å². The molecule has 2 amide bonds. The first-order valence-corrected chi connectivity index (χ1v) is 10.4. The monoisotopic (exact) mass is 424 g/mol. The largest absolute Gasteiger partial charge is 0.486 e. The SMILES string of the molecule is CN1CCc2cc([C@@H](CNC(=O)C(=O)Nc3ccc4c(c3)OCCO4)N(C)C)ccc21. The molecule has 0 aromatic heterocycles. The highest BCUT2D eigenvalue weighted by Gasteiger charge is 2.22. The zero-order valence-corrected chi connectivity index (χ0v) is 18.1. The van der Waals surface area contributed by atoms with E-state index < -0.39 is 11.8 Å². The van der Waals surface area contributed by atoms with Gasteiger partial charge in [-0.3, -0.25) is 9.59 Å². The number of nitrogens with zero attached hydrogens (tertiary/aromatic N) is 2. The van der Waals surface area contributed by atoms with Crippen LogP contribution in [-0.4, -0.2) is 64.2 Å². The van der Waals surface area contributed by atoms with Gasteiger partial charge in [-0.05, 0) is 49.8 Å². The Morgan fingerprint density at radius 3 is 2.61 bits per heavy atom. The highest BCUT2D eigenvalue weighted by atomic mass is 16.6. The Labute approximate surface area is 182 Å². The highest BCUT2D eigenvalue weighted by Crippen LogP contribution is 2.33. The molecule has 0 bridgehead atoms. The highest BCUT2D eigenvalue weighted by molar-refractivity contribution is 6.39. The summed E-state index contributed by atoms with van der Waals surface area (Å²) < 4.78 is 11.0. The molecule has 2 aromatic carbocycles. The molecule has 0 saturated heterocycles. The number of fused-ring (bicyclic) bond motifs is 2. The number of likely N-dealkylation sites (N-methyl/N-ethyl adjacent to an activating group) is 2. The van der Waals surface area contributed by atoms with Gasteiger partial charge in [0.1, 0.15) is 13.2 Å². The molecule has 164 valence electrons. The van der Waals surface area contributed by atoms with Crippen molar-refractivity contribution < 1.29 is 19.1 Å². The van der Waals surface area contributed by atoms with Crippen LogP contribution in [0.3, 0.4) is 0 Å². The molecular formula is C23H28N4O4. The molecule has 8 nitrogen and oxygen atoms in total. The lowest BCUT2D eigenvalue weighted by molar-refractivity contribution is -0.136. The van der Waals surface area contributed by atoms with Crippen molar-refractivity contribution in [2.24, 2.45) is 0 Å². The zero-order chi connectivity index (χ0) is 22.0. The number of benzene rings is 2. The number of hydrogen-bond acceptors (Lipinski definition) is 6. The summed E-state index contributed by atoms with van der Waals surface area (Å²) in [4.78, 5) is 29.1. The minimum Gasteiger partial charge on any atom is -0.486 e. The molecule has 0 saturated carbocycles. The number of carbonyl (C=O) groups excluding carboxylic acids is 2. The topological polar surface area (TPSA) is 83.1 Å². The lowest BCUT2D eigenvalue weighted by atomic mass is 10.0. The molecule has 1 atom stereocenters. The van der Waals surface area contributed by atoms with E-state index >= 15 is 0 Å². The number of hydrogen-bond donors (Lipinski definition) is 2. The van der Waals surface area contributed by atoms with E-state index in [1.165, 1.54) is 11.3 Å². The van der Waals surface area contributed by atoms with Crippen LogP contribution >= 0.6 is 0 Å². The minimum absolute atomic E-state index is 0.0396. The third-order valence-corrected chi connectivity index (χ3v) is 5.70. The normalized spacial score (nSPS) is 15.4. The fourth-order valence-electron chi connectivity index (χ4n) is 3.97. The molecule has 31 heavy (non-hydrogen) atoms. The quantitative estimate of drug-likeness (QED) is 0.713. The van der Waals surface area contributed by atoms with Gasteiger partial charge in [0.25, 0.3) is 0 Å². The van der Waals surface area contributed by atoms with Crippen molar-refractivity contribution in [3.63, 3.8) is 0 Å². The fraction of sp³-hybridized carbons (Fsp3) is 0.391. The van der Waals surface area contributed by atoms with E-state index in [-0.39, 0.29) is 6.04 Å². The predicted molar refractivity (Wildman–Crippen MR) is 119 cm³/mol. The Morgan fingerprint density at radius 1 is 1.06 bits per heavy atom. The van der Waals surface area contributed by atoms with Crippen LogP contribution in [0.2, 0.25) is 0 Å². The van der Waals surface area contributed by atoms with Gasteiger partial charge in [-0.1, -0.05) is 12.1 Å². The van der Waals surface area contributed by atoms with Crippen molar-refractivity contribution in [3.05, 3.63) is 47.5 Å². The van der Waals surface area contributed by atoms with Gasteiger partial charge in [0.05, 0.1) is 6.04 Å². The average Bonchev–Trinajstić information content (AvgIpc) is 3.13. The summed E-state index contributed by atoms with van der Waals surface area (Å²) in [6, 6.07) is 11.4. The summed E-state index contributed by atoms with van der Waals surface area (Å²) in [6.45, 7) is 2.29. The van der Waals surface area contributed by atoms with Gasteiger partial charge in [-0.2, -0.15) is 0 Å². The molecule has 4 rings (SSSR count). The fourth-order valence-corrected chi connectivity index (χ4v) is 3.97. The Hall–Kier alpha value is -3.26. The molecular weight excluding hydrogens is 396 g/mol. The molecule has 0 spiro atoms. The molecule has 2 aromatic rings. The first kappa shape index (κ1) is 21.0. The van der Waals surface area contributed by atoms with Crippen molar-refractivity contribution >= 4 is 23.2 Å². The van der Waals surface area contributed by atoms with Crippen LogP contribution in [0.4, 0.5) is 11.4 Å². The lowest BCUT2D eigenvalue weighted by Gasteiger charge is -2.26. The van der Waals surface area contributed by atoms with E-state index in [4.69, 9.17) is 9.47 Å². The van der Waals surface area contributed by atoms with E-state index in [0.717, 1.165) is 18.5 Å². The van der Waals surface area contributed by atoms with E-state index in [0.29, 0.717) is 36.9 Å². The Bertz CT molecular complexity index is 992. The minimum atomic E-state index is -0.718. The van der Waals surface area contributed by atoms with E-state index in [1.54, 1.807) is 18.2 Å². The second-order valence-corrected chi connectivity index (χ2v) is 8.06. The summed E-state index contributed by atoms with van der Waals surface area (Å²) in [6.07, 6.45) is 1.02. The number of anilines is 2. The molecule has 2 aliphatic rings. The Morgan fingerprint density at radius 2 is 1.84 bits per heavy atom. The van der Waals surface area contributed by atoms with E-state index in [9.17, 15) is 9.59 Å². The summed E-state index contributed by atoms with van der Waals surface area (Å²) >= 11 is 0. The third-order valence-electron chi connectivity index (χ3n) is 5.70. The van der Waals surface area contributed by atoms with E-state index in [2.05, 4.69) is 40.8 Å². The Kier molecular flexibility index (Phi) is 5.99. The zero-order valence-electron chi connectivity index (χ0n) is 18.1. The number of rotatable bonds is 5. The van der Waals surface area contributed by atoms with Crippen LogP contribution in [0.15, 0.2) is 36.4 Å². The number of amides is 2. The molecule has 0 aliphatic carbocycles. The van der Waals surface area contributed by atoms with E-state index in [1.807, 2.05) is 19.0 Å². The van der Waals surface area contributed by atoms with Gasteiger partial charge < -0.3 is 29.9 Å². The van der Waals surface area contributed by atoms with Crippen LogP contribution in [0.5, 0.6) is 11.5 Å².